The van der Waals surface area contributed by atoms with Crippen LogP contribution in [0.25, 0.3) is 0 Å². The number of rotatable bonds is 2. The maximum absolute atomic E-state index is 12.6. The van der Waals surface area contributed by atoms with Crippen LogP contribution in [-0.2, 0) is 10.0 Å². The Morgan fingerprint density at radius 1 is 1.47 bits per heavy atom. The number of hydrogen-bond donors (Lipinski definition) is 1. The van der Waals surface area contributed by atoms with E-state index in [-0.39, 0.29) is 16.5 Å². The van der Waals surface area contributed by atoms with Gasteiger partial charge in [0, 0.05) is 25.7 Å². The van der Waals surface area contributed by atoms with Gasteiger partial charge in [-0.25, -0.2) is 8.42 Å². The molecule has 0 aliphatic carbocycles. The van der Waals surface area contributed by atoms with E-state index in [4.69, 9.17) is 5.26 Å². The Labute approximate surface area is 113 Å². The highest BCUT2D eigenvalue weighted by molar-refractivity contribution is 7.89. The highest BCUT2D eigenvalue weighted by Gasteiger charge is 2.30. The van der Waals surface area contributed by atoms with Crippen molar-refractivity contribution in [3.8, 4) is 6.07 Å². The minimum atomic E-state index is -3.59. The van der Waals surface area contributed by atoms with Gasteiger partial charge in [-0.15, -0.1) is 0 Å². The molecule has 0 saturated carbocycles. The Bertz CT molecular complexity index is 619. The van der Waals surface area contributed by atoms with E-state index in [0.717, 1.165) is 0 Å². The SMILES string of the molecule is Cc1cccc(S(=O)(=O)N2CCNC(C)C2)c1C#N. The summed E-state index contributed by atoms with van der Waals surface area (Å²) in [5, 5.41) is 12.4. The average Bonchev–Trinajstić information content (AvgIpc) is 2.38. The minimum absolute atomic E-state index is 0.115. The first kappa shape index (κ1) is 14.0. The van der Waals surface area contributed by atoms with E-state index in [1.807, 2.05) is 13.0 Å². The first-order chi connectivity index (χ1) is 8.96. The van der Waals surface area contributed by atoms with Crippen LogP contribution in [0, 0.1) is 18.3 Å². The molecule has 5 nitrogen and oxygen atoms in total. The summed E-state index contributed by atoms with van der Waals surface area (Å²) in [7, 11) is -3.59. The molecule has 1 heterocycles. The average molecular weight is 279 g/mol. The van der Waals surface area contributed by atoms with Crippen molar-refractivity contribution in [3.05, 3.63) is 29.3 Å². The Morgan fingerprint density at radius 3 is 2.84 bits per heavy atom. The molecule has 1 aliphatic heterocycles. The van der Waals surface area contributed by atoms with Gasteiger partial charge < -0.3 is 5.32 Å². The number of nitriles is 1. The van der Waals surface area contributed by atoms with Gasteiger partial charge in [0.05, 0.1) is 5.56 Å². The maximum Gasteiger partial charge on any atom is 0.244 e. The second-order valence-electron chi connectivity index (χ2n) is 4.78. The van der Waals surface area contributed by atoms with Gasteiger partial charge in [-0.1, -0.05) is 12.1 Å². The molecule has 1 aromatic carbocycles. The highest BCUT2D eigenvalue weighted by atomic mass is 32.2. The van der Waals surface area contributed by atoms with Gasteiger partial charge in [-0.2, -0.15) is 9.57 Å². The van der Waals surface area contributed by atoms with Crippen LogP contribution < -0.4 is 5.32 Å². The molecule has 1 fully saturated rings. The second-order valence-corrected chi connectivity index (χ2v) is 6.68. The van der Waals surface area contributed by atoms with Crippen LogP contribution in [0.5, 0.6) is 0 Å². The fourth-order valence-electron chi connectivity index (χ4n) is 2.25. The number of hydrogen-bond acceptors (Lipinski definition) is 4. The van der Waals surface area contributed by atoms with Crippen LogP contribution in [0.15, 0.2) is 23.1 Å². The topological polar surface area (TPSA) is 73.2 Å². The molecule has 1 atom stereocenters. The quantitative estimate of drug-likeness (QED) is 0.871. The van der Waals surface area contributed by atoms with Gasteiger partial charge in [-0.3, -0.25) is 0 Å². The molecule has 1 N–H and O–H groups in total. The van der Waals surface area contributed by atoms with Crippen LogP contribution >= 0.6 is 0 Å². The third kappa shape index (κ3) is 2.63. The van der Waals surface area contributed by atoms with Crippen molar-refractivity contribution in [1.29, 1.82) is 5.26 Å². The van der Waals surface area contributed by atoms with Crippen LogP contribution in [-0.4, -0.2) is 38.4 Å². The van der Waals surface area contributed by atoms with E-state index in [1.54, 1.807) is 19.1 Å². The van der Waals surface area contributed by atoms with E-state index < -0.39 is 10.0 Å². The van der Waals surface area contributed by atoms with Crippen molar-refractivity contribution in [2.45, 2.75) is 24.8 Å². The number of sulfonamides is 1. The number of nitrogens with one attached hydrogen (secondary N) is 1. The van der Waals surface area contributed by atoms with Crippen LogP contribution in [0.4, 0.5) is 0 Å². The number of aryl methyl sites for hydroxylation is 1. The number of nitrogens with zero attached hydrogens (tertiary/aromatic N) is 2. The molecule has 19 heavy (non-hydrogen) atoms. The number of piperazine rings is 1. The number of benzene rings is 1. The smallest absolute Gasteiger partial charge is 0.244 e. The summed E-state index contributed by atoms with van der Waals surface area (Å²) in [5.41, 5.74) is 0.931. The molecule has 0 radical (unpaired) electrons. The Kier molecular flexibility index (Phi) is 3.90. The lowest BCUT2D eigenvalue weighted by Gasteiger charge is -2.31. The predicted octanol–water partition coefficient (Wildman–Crippen LogP) is 0.849. The molecular weight excluding hydrogens is 262 g/mol. The first-order valence-electron chi connectivity index (χ1n) is 6.20. The Morgan fingerprint density at radius 2 is 2.21 bits per heavy atom. The molecule has 0 amide bonds. The normalized spacial score (nSPS) is 21.0. The molecule has 1 aliphatic rings. The van der Waals surface area contributed by atoms with Crippen molar-refractivity contribution >= 4 is 10.0 Å². The van der Waals surface area contributed by atoms with Crippen LogP contribution in [0.2, 0.25) is 0 Å². The predicted molar refractivity (Wildman–Crippen MR) is 72.1 cm³/mol. The van der Waals surface area contributed by atoms with Gasteiger partial charge in [0.2, 0.25) is 10.0 Å². The molecule has 0 spiro atoms. The molecule has 1 saturated heterocycles. The van der Waals surface area contributed by atoms with Gasteiger partial charge in [0.25, 0.3) is 0 Å². The summed E-state index contributed by atoms with van der Waals surface area (Å²) in [5.74, 6) is 0. The third-order valence-corrected chi connectivity index (χ3v) is 5.20. The van der Waals surface area contributed by atoms with Crippen molar-refractivity contribution < 1.29 is 8.42 Å². The lowest BCUT2D eigenvalue weighted by molar-refractivity contribution is 0.310. The minimum Gasteiger partial charge on any atom is -0.312 e. The van der Waals surface area contributed by atoms with Gasteiger partial charge in [-0.05, 0) is 25.5 Å². The van der Waals surface area contributed by atoms with E-state index in [1.165, 1.54) is 10.4 Å². The molecule has 2 rings (SSSR count). The summed E-state index contributed by atoms with van der Waals surface area (Å²) in [6, 6.07) is 7.05. The maximum atomic E-state index is 12.6. The zero-order chi connectivity index (χ0) is 14.0. The fraction of sp³-hybridized carbons (Fsp3) is 0.462. The molecule has 0 bridgehead atoms. The van der Waals surface area contributed by atoms with Gasteiger partial charge in [0.15, 0.2) is 0 Å². The summed E-state index contributed by atoms with van der Waals surface area (Å²) in [6.07, 6.45) is 0. The summed E-state index contributed by atoms with van der Waals surface area (Å²) < 4.78 is 26.7. The van der Waals surface area contributed by atoms with Crippen molar-refractivity contribution in [3.63, 3.8) is 0 Å². The molecule has 0 aromatic heterocycles. The Balaban J connectivity index is 2.46. The second kappa shape index (κ2) is 5.29. The Hall–Kier alpha value is -1.42. The molecule has 1 aromatic rings. The van der Waals surface area contributed by atoms with Gasteiger partial charge in [0.1, 0.15) is 11.0 Å². The standard InChI is InChI=1S/C13H17N3O2S/c1-10-4-3-5-13(12(10)8-14)19(17,18)16-7-6-15-11(2)9-16/h3-5,11,15H,6-7,9H2,1-2H3. The summed E-state index contributed by atoms with van der Waals surface area (Å²) in [4.78, 5) is 0.115. The highest BCUT2D eigenvalue weighted by Crippen LogP contribution is 2.23. The molecule has 102 valence electrons. The molecule has 6 heteroatoms. The van der Waals surface area contributed by atoms with Crippen molar-refractivity contribution in [1.82, 2.24) is 9.62 Å². The molecule has 1 unspecified atom stereocenters. The van der Waals surface area contributed by atoms with E-state index in [2.05, 4.69) is 5.32 Å². The van der Waals surface area contributed by atoms with Crippen LogP contribution in [0.3, 0.4) is 0 Å². The fourth-order valence-corrected chi connectivity index (χ4v) is 4.00. The lowest BCUT2D eigenvalue weighted by Crippen LogP contribution is -2.51. The monoisotopic (exact) mass is 279 g/mol. The van der Waals surface area contributed by atoms with Crippen LogP contribution in [0.1, 0.15) is 18.1 Å². The largest absolute Gasteiger partial charge is 0.312 e. The first-order valence-corrected chi connectivity index (χ1v) is 7.64. The lowest BCUT2D eigenvalue weighted by atomic mass is 10.1. The zero-order valence-corrected chi connectivity index (χ0v) is 11.9. The van der Waals surface area contributed by atoms with Crippen molar-refractivity contribution in [2.24, 2.45) is 0 Å². The van der Waals surface area contributed by atoms with Gasteiger partial charge >= 0.3 is 0 Å². The zero-order valence-electron chi connectivity index (χ0n) is 11.0. The van der Waals surface area contributed by atoms with Crippen molar-refractivity contribution in [2.75, 3.05) is 19.6 Å². The van der Waals surface area contributed by atoms with E-state index in [9.17, 15) is 8.42 Å². The third-order valence-electron chi connectivity index (χ3n) is 3.30. The van der Waals surface area contributed by atoms with E-state index in [0.29, 0.717) is 25.2 Å². The van der Waals surface area contributed by atoms with E-state index >= 15 is 0 Å². The molecular formula is C13H17N3O2S. The summed E-state index contributed by atoms with van der Waals surface area (Å²) in [6.45, 7) is 5.20. The summed E-state index contributed by atoms with van der Waals surface area (Å²) >= 11 is 0.